The molecule has 1 aromatic carbocycles. The Balaban J connectivity index is 1.49. The van der Waals surface area contributed by atoms with Crippen LogP contribution in [0, 0.1) is 5.92 Å². The smallest absolute Gasteiger partial charge is 0.244 e. The Morgan fingerprint density at radius 3 is 2.95 bits per heavy atom. The Kier molecular flexibility index (Phi) is 3.54. The van der Waals surface area contributed by atoms with E-state index in [2.05, 4.69) is 10.3 Å². The van der Waals surface area contributed by atoms with E-state index < -0.39 is 0 Å². The summed E-state index contributed by atoms with van der Waals surface area (Å²) in [5.74, 6) is 0.627. The van der Waals surface area contributed by atoms with Crippen molar-refractivity contribution >= 4 is 16.9 Å². The normalized spacial score (nSPS) is 21.4. The molecule has 2 heterocycles. The number of carbonyl (C=O) groups excluding carboxylic acids is 1. The molecule has 0 N–H and O–H groups in total. The highest BCUT2D eigenvalue weighted by atomic mass is 16.5. The van der Waals surface area contributed by atoms with Crippen LogP contribution in [0.2, 0.25) is 0 Å². The number of nitrogens with zero attached hydrogens (tertiary/aromatic N) is 4. The van der Waals surface area contributed by atoms with Crippen LogP contribution in [0.25, 0.3) is 11.0 Å². The molecule has 2 fully saturated rings. The lowest BCUT2D eigenvalue weighted by Gasteiger charge is -2.25. The van der Waals surface area contributed by atoms with Crippen LogP contribution in [0.5, 0.6) is 0 Å². The first kappa shape index (κ1) is 13.7. The highest BCUT2D eigenvalue weighted by Gasteiger charge is 2.34. The van der Waals surface area contributed by atoms with Crippen molar-refractivity contribution in [2.24, 2.45) is 5.92 Å². The number of hydrogen-bond acceptors (Lipinski definition) is 4. The topological polar surface area (TPSA) is 60.2 Å². The molecule has 6 nitrogen and oxygen atoms in total. The maximum Gasteiger partial charge on any atom is 0.244 e. The largest absolute Gasteiger partial charge is 0.381 e. The zero-order valence-electron chi connectivity index (χ0n) is 12.5. The molecule has 1 saturated heterocycles. The van der Waals surface area contributed by atoms with Crippen LogP contribution < -0.4 is 0 Å². The van der Waals surface area contributed by atoms with Crippen molar-refractivity contribution in [1.29, 1.82) is 0 Å². The lowest BCUT2D eigenvalue weighted by atomic mass is 10.1. The highest BCUT2D eigenvalue weighted by Crippen LogP contribution is 2.29. The molecule has 1 aromatic heterocycles. The number of aromatic nitrogens is 3. The van der Waals surface area contributed by atoms with Crippen molar-refractivity contribution in [1.82, 2.24) is 19.9 Å². The van der Waals surface area contributed by atoms with Crippen LogP contribution in [-0.2, 0) is 16.1 Å². The quantitative estimate of drug-likeness (QED) is 0.839. The van der Waals surface area contributed by atoms with Gasteiger partial charge in [0, 0.05) is 25.1 Å². The molecule has 0 radical (unpaired) electrons. The maximum atomic E-state index is 12.7. The van der Waals surface area contributed by atoms with Gasteiger partial charge in [-0.1, -0.05) is 17.3 Å². The van der Waals surface area contributed by atoms with Gasteiger partial charge in [-0.3, -0.25) is 4.79 Å². The number of rotatable bonds is 5. The molecule has 6 heteroatoms. The lowest BCUT2D eigenvalue weighted by molar-refractivity contribution is -0.133. The minimum atomic E-state index is 0.144. The molecule has 2 aliphatic rings. The zero-order chi connectivity index (χ0) is 14.9. The minimum absolute atomic E-state index is 0.144. The van der Waals surface area contributed by atoms with Crippen LogP contribution in [-0.4, -0.2) is 51.6 Å². The number of ether oxygens (including phenoxy) is 1. The monoisotopic (exact) mass is 300 g/mol. The summed E-state index contributed by atoms with van der Waals surface area (Å²) in [5, 5.41) is 8.24. The summed E-state index contributed by atoms with van der Waals surface area (Å²) >= 11 is 0. The van der Waals surface area contributed by atoms with E-state index in [1.54, 1.807) is 4.68 Å². The Labute approximate surface area is 129 Å². The summed E-state index contributed by atoms with van der Waals surface area (Å²) in [5.41, 5.74) is 1.74. The third kappa shape index (κ3) is 2.70. The van der Waals surface area contributed by atoms with E-state index >= 15 is 0 Å². The number of carbonyl (C=O) groups is 1. The van der Waals surface area contributed by atoms with Gasteiger partial charge in [0.1, 0.15) is 12.1 Å². The van der Waals surface area contributed by atoms with Gasteiger partial charge in [0.05, 0.1) is 12.1 Å². The average Bonchev–Trinajstić information content (AvgIpc) is 3.09. The summed E-state index contributed by atoms with van der Waals surface area (Å²) in [6.45, 7) is 2.69. The van der Waals surface area contributed by atoms with Crippen molar-refractivity contribution in [2.45, 2.75) is 31.8 Å². The van der Waals surface area contributed by atoms with Crippen LogP contribution in [0.3, 0.4) is 0 Å². The van der Waals surface area contributed by atoms with Gasteiger partial charge in [-0.2, -0.15) is 0 Å². The summed E-state index contributed by atoms with van der Waals surface area (Å²) in [7, 11) is 0. The second-order valence-corrected chi connectivity index (χ2v) is 6.24. The van der Waals surface area contributed by atoms with E-state index in [1.165, 1.54) is 0 Å². The predicted molar refractivity (Wildman–Crippen MR) is 81.2 cm³/mol. The van der Waals surface area contributed by atoms with Crippen molar-refractivity contribution in [3.8, 4) is 0 Å². The fourth-order valence-corrected chi connectivity index (χ4v) is 3.10. The number of amides is 1. The van der Waals surface area contributed by atoms with E-state index in [4.69, 9.17) is 4.74 Å². The fourth-order valence-electron chi connectivity index (χ4n) is 3.10. The number of fused-ring (bicyclic) bond motifs is 1. The standard InChI is InChI=1S/C16H20N4O2/c21-16(10-20-15-4-2-1-3-14(15)17-18-20)19(13-5-6-13)9-12-7-8-22-11-12/h1-4,12-13H,5-11H2/t12-/m1/s1. The summed E-state index contributed by atoms with van der Waals surface area (Å²) in [4.78, 5) is 14.8. The predicted octanol–water partition coefficient (Wildman–Crippen LogP) is 1.46. The fraction of sp³-hybridized carbons (Fsp3) is 0.562. The first-order valence-corrected chi connectivity index (χ1v) is 7.97. The molecule has 4 rings (SSSR count). The van der Waals surface area contributed by atoms with Crippen molar-refractivity contribution < 1.29 is 9.53 Å². The second kappa shape index (κ2) is 5.68. The summed E-state index contributed by atoms with van der Waals surface area (Å²) < 4.78 is 7.14. The highest BCUT2D eigenvalue weighted by molar-refractivity contribution is 5.80. The third-order valence-corrected chi connectivity index (χ3v) is 4.49. The van der Waals surface area contributed by atoms with Gasteiger partial charge >= 0.3 is 0 Å². The number of para-hydroxylation sites is 1. The van der Waals surface area contributed by atoms with E-state index in [9.17, 15) is 4.79 Å². The molecule has 1 atom stereocenters. The molecule has 116 valence electrons. The Hall–Kier alpha value is -1.95. The Morgan fingerprint density at radius 2 is 2.18 bits per heavy atom. The van der Waals surface area contributed by atoms with Crippen LogP contribution >= 0.6 is 0 Å². The van der Waals surface area contributed by atoms with Gasteiger partial charge in [-0.25, -0.2) is 4.68 Å². The van der Waals surface area contributed by atoms with Gasteiger partial charge in [0.15, 0.2) is 0 Å². The summed E-state index contributed by atoms with van der Waals surface area (Å²) in [6, 6.07) is 8.16. The SMILES string of the molecule is O=C(Cn1nnc2ccccc21)N(C[C@H]1CCOC1)C1CC1. The average molecular weight is 300 g/mol. The zero-order valence-corrected chi connectivity index (χ0v) is 12.5. The van der Waals surface area contributed by atoms with E-state index in [0.29, 0.717) is 12.0 Å². The van der Waals surface area contributed by atoms with Crippen LogP contribution in [0.4, 0.5) is 0 Å². The Bertz CT molecular complexity index is 674. The molecular weight excluding hydrogens is 280 g/mol. The number of hydrogen-bond donors (Lipinski definition) is 0. The van der Waals surface area contributed by atoms with Gasteiger partial charge < -0.3 is 9.64 Å². The van der Waals surface area contributed by atoms with Crippen LogP contribution in [0.15, 0.2) is 24.3 Å². The van der Waals surface area contributed by atoms with Crippen molar-refractivity contribution in [2.75, 3.05) is 19.8 Å². The molecule has 1 saturated carbocycles. The number of benzene rings is 1. The van der Waals surface area contributed by atoms with Crippen LogP contribution in [0.1, 0.15) is 19.3 Å². The minimum Gasteiger partial charge on any atom is -0.381 e. The van der Waals surface area contributed by atoms with E-state index in [1.807, 2.05) is 29.2 Å². The third-order valence-electron chi connectivity index (χ3n) is 4.49. The molecule has 0 bridgehead atoms. The Morgan fingerprint density at radius 1 is 1.32 bits per heavy atom. The van der Waals surface area contributed by atoms with Crippen molar-refractivity contribution in [3.63, 3.8) is 0 Å². The van der Waals surface area contributed by atoms with Gasteiger partial charge in [0.25, 0.3) is 0 Å². The molecule has 22 heavy (non-hydrogen) atoms. The molecular formula is C16H20N4O2. The van der Waals surface area contributed by atoms with Gasteiger partial charge in [0.2, 0.25) is 5.91 Å². The van der Waals surface area contributed by atoms with Gasteiger partial charge in [-0.15, -0.1) is 5.10 Å². The molecule has 2 aromatic rings. The second-order valence-electron chi connectivity index (χ2n) is 6.24. The first-order valence-electron chi connectivity index (χ1n) is 7.97. The summed E-state index contributed by atoms with van der Waals surface area (Å²) in [6.07, 6.45) is 3.30. The van der Waals surface area contributed by atoms with Crippen molar-refractivity contribution in [3.05, 3.63) is 24.3 Å². The first-order chi connectivity index (χ1) is 10.8. The molecule has 1 aliphatic heterocycles. The maximum absolute atomic E-state index is 12.7. The van der Waals surface area contributed by atoms with E-state index in [0.717, 1.165) is 50.1 Å². The molecule has 0 unspecified atom stereocenters. The van der Waals surface area contributed by atoms with Gasteiger partial charge in [-0.05, 0) is 31.4 Å². The molecule has 1 aliphatic carbocycles. The molecule has 0 spiro atoms. The lowest BCUT2D eigenvalue weighted by Crippen LogP contribution is -2.39. The molecule has 1 amide bonds. The van der Waals surface area contributed by atoms with E-state index in [-0.39, 0.29) is 12.5 Å².